The third-order valence-corrected chi connectivity index (χ3v) is 3.38. The molecule has 0 bridgehead atoms. The van der Waals surface area contributed by atoms with Crippen LogP contribution < -0.4 is 5.32 Å². The molecule has 8 heteroatoms. The van der Waals surface area contributed by atoms with Crippen molar-refractivity contribution in [1.29, 1.82) is 0 Å². The van der Waals surface area contributed by atoms with E-state index in [0.717, 1.165) is 6.07 Å². The lowest BCUT2D eigenvalue weighted by molar-refractivity contribution is -0.139. The molecule has 0 unspecified atom stereocenters. The summed E-state index contributed by atoms with van der Waals surface area (Å²) in [6.45, 7) is 0. The summed E-state index contributed by atoms with van der Waals surface area (Å²) >= 11 is 6.44. The Morgan fingerprint density at radius 2 is 1.80 bits per heavy atom. The minimum atomic E-state index is -4.74. The molecule has 0 amide bonds. The first-order valence-electron chi connectivity index (χ1n) is 5.22. The highest BCUT2D eigenvalue weighted by Crippen LogP contribution is 2.34. The number of benzene rings is 1. The van der Waals surface area contributed by atoms with Crippen molar-refractivity contribution >= 4 is 43.4 Å². The normalized spacial score (nSPS) is 11.5. The zero-order valence-electron chi connectivity index (χ0n) is 9.60. The van der Waals surface area contributed by atoms with Gasteiger partial charge in [0.05, 0.1) is 10.0 Å². The molecule has 0 radical (unpaired) electrons. The summed E-state index contributed by atoms with van der Waals surface area (Å²) in [5.74, 6) is -0.987. The van der Waals surface area contributed by atoms with Gasteiger partial charge in [0, 0.05) is 16.4 Å². The molecule has 0 saturated carbocycles. The van der Waals surface area contributed by atoms with Gasteiger partial charge in [-0.1, -0.05) is 0 Å². The van der Waals surface area contributed by atoms with Gasteiger partial charge in [0.1, 0.15) is 11.6 Å². The van der Waals surface area contributed by atoms with E-state index in [0.29, 0.717) is 20.8 Å². The first-order chi connectivity index (χ1) is 9.27. The second-order valence-corrected chi connectivity index (χ2v) is 5.57. The fraction of sp³-hybridized carbons (Fsp3) is 0.0833. The van der Waals surface area contributed by atoms with E-state index in [4.69, 9.17) is 0 Å². The number of hydrogen-bond donors (Lipinski definition) is 1. The maximum Gasteiger partial charge on any atom is 0.419 e. The maximum absolute atomic E-state index is 13.2. The van der Waals surface area contributed by atoms with Crippen LogP contribution in [-0.4, -0.2) is 4.98 Å². The van der Waals surface area contributed by atoms with Gasteiger partial charge in [-0.2, -0.15) is 13.2 Å². The number of pyridine rings is 1. The van der Waals surface area contributed by atoms with E-state index >= 15 is 0 Å². The standard InChI is InChI=1S/C12H6Br2F4N2/c13-6-3-9(14)11(19-5-6)20-7-1-2-10(15)8(4-7)12(16,17)18/h1-5H,(H,19,20). The number of anilines is 2. The summed E-state index contributed by atoms with van der Waals surface area (Å²) in [6, 6.07) is 4.35. The van der Waals surface area contributed by atoms with E-state index in [1.165, 1.54) is 12.3 Å². The third-order valence-electron chi connectivity index (χ3n) is 2.34. The minimum absolute atomic E-state index is 0.0919. The van der Waals surface area contributed by atoms with Crippen LogP contribution in [0, 0.1) is 5.82 Å². The van der Waals surface area contributed by atoms with Crippen molar-refractivity contribution in [2.75, 3.05) is 5.32 Å². The summed E-state index contributed by atoms with van der Waals surface area (Å²) < 4.78 is 52.2. The summed E-state index contributed by atoms with van der Waals surface area (Å²) in [7, 11) is 0. The van der Waals surface area contributed by atoms with Gasteiger partial charge in [-0.15, -0.1) is 0 Å². The highest BCUT2D eigenvalue weighted by Gasteiger charge is 2.34. The molecule has 2 aromatic rings. The van der Waals surface area contributed by atoms with Crippen molar-refractivity contribution in [3.63, 3.8) is 0 Å². The predicted molar refractivity (Wildman–Crippen MR) is 74.3 cm³/mol. The molecule has 1 N–H and O–H groups in total. The molecule has 0 atom stereocenters. The molecular weight excluding hydrogens is 408 g/mol. The van der Waals surface area contributed by atoms with E-state index in [1.54, 1.807) is 6.07 Å². The Morgan fingerprint density at radius 1 is 1.10 bits per heavy atom. The molecule has 2 nitrogen and oxygen atoms in total. The lowest BCUT2D eigenvalue weighted by atomic mass is 10.2. The molecule has 0 saturated heterocycles. The molecule has 2 rings (SSSR count). The Hall–Kier alpha value is -1.15. The van der Waals surface area contributed by atoms with Gasteiger partial charge >= 0.3 is 6.18 Å². The largest absolute Gasteiger partial charge is 0.419 e. The van der Waals surface area contributed by atoms with Crippen molar-refractivity contribution in [3.8, 4) is 0 Å². The van der Waals surface area contributed by atoms with Crippen molar-refractivity contribution < 1.29 is 17.6 Å². The van der Waals surface area contributed by atoms with E-state index in [-0.39, 0.29) is 5.69 Å². The minimum Gasteiger partial charge on any atom is -0.339 e. The Kier molecular flexibility index (Phi) is 4.33. The van der Waals surface area contributed by atoms with Crippen molar-refractivity contribution in [1.82, 2.24) is 4.98 Å². The van der Waals surface area contributed by atoms with Crippen LogP contribution in [0.3, 0.4) is 0 Å². The van der Waals surface area contributed by atoms with Gasteiger partial charge < -0.3 is 5.32 Å². The van der Waals surface area contributed by atoms with Crippen LogP contribution in [-0.2, 0) is 6.18 Å². The second kappa shape index (κ2) is 5.69. The first kappa shape index (κ1) is 15.2. The quantitative estimate of drug-likeness (QED) is 0.657. The number of aromatic nitrogens is 1. The topological polar surface area (TPSA) is 24.9 Å². The fourth-order valence-corrected chi connectivity index (χ4v) is 2.55. The Labute approximate surface area is 128 Å². The maximum atomic E-state index is 13.2. The number of halogens is 6. The van der Waals surface area contributed by atoms with Gasteiger partial charge in [0.15, 0.2) is 0 Å². The molecule has 0 aliphatic carbocycles. The van der Waals surface area contributed by atoms with E-state index in [1.807, 2.05) is 0 Å². The summed E-state index contributed by atoms with van der Waals surface area (Å²) in [5, 5.41) is 2.69. The van der Waals surface area contributed by atoms with Crippen LogP contribution in [0.5, 0.6) is 0 Å². The molecule has 20 heavy (non-hydrogen) atoms. The van der Waals surface area contributed by atoms with Gasteiger partial charge in [0.2, 0.25) is 0 Å². The van der Waals surface area contributed by atoms with Crippen molar-refractivity contribution in [3.05, 3.63) is 50.8 Å². The van der Waals surface area contributed by atoms with Crippen molar-refractivity contribution in [2.45, 2.75) is 6.18 Å². The smallest absolute Gasteiger partial charge is 0.339 e. The highest BCUT2D eigenvalue weighted by molar-refractivity contribution is 9.11. The number of nitrogens with one attached hydrogen (secondary N) is 1. The average molecular weight is 414 g/mol. The van der Waals surface area contributed by atoms with Gasteiger partial charge in [-0.25, -0.2) is 9.37 Å². The van der Waals surface area contributed by atoms with Crippen molar-refractivity contribution in [2.24, 2.45) is 0 Å². The number of hydrogen-bond acceptors (Lipinski definition) is 2. The van der Waals surface area contributed by atoms with E-state index in [9.17, 15) is 17.6 Å². The Bertz CT molecular complexity index is 644. The van der Waals surface area contributed by atoms with Crippen LogP contribution in [0.4, 0.5) is 29.1 Å². The van der Waals surface area contributed by atoms with E-state index < -0.39 is 17.6 Å². The SMILES string of the molecule is Fc1ccc(Nc2ncc(Br)cc2Br)cc1C(F)(F)F. The van der Waals surface area contributed by atoms with Crippen LogP contribution >= 0.6 is 31.9 Å². The van der Waals surface area contributed by atoms with Gasteiger partial charge in [-0.05, 0) is 56.1 Å². The van der Waals surface area contributed by atoms with Crippen LogP contribution in [0.15, 0.2) is 39.4 Å². The molecule has 0 aliphatic rings. The second-order valence-electron chi connectivity index (χ2n) is 3.80. The van der Waals surface area contributed by atoms with E-state index in [2.05, 4.69) is 42.2 Å². The van der Waals surface area contributed by atoms with Crippen LogP contribution in [0.1, 0.15) is 5.56 Å². The Balaban J connectivity index is 2.35. The van der Waals surface area contributed by atoms with Crippen LogP contribution in [0.2, 0.25) is 0 Å². The Morgan fingerprint density at radius 3 is 2.40 bits per heavy atom. The molecule has 0 spiro atoms. The molecule has 1 heterocycles. The molecule has 1 aromatic heterocycles. The molecule has 0 fully saturated rings. The third kappa shape index (κ3) is 3.49. The zero-order chi connectivity index (χ0) is 14.9. The zero-order valence-corrected chi connectivity index (χ0v) is 12.8. The average Bonchev–Trinajstić information content (AvgIpc) is 2.33. The molecule has 106 valence electrons. The molecule has 0 aliphatic heterocycles. The lowest BCUT2D eigenvalue weighted by Crippen LogP contribution is -2.08. The fourth-order valence-electron chi connectivity index (χ4n) is 1.46. The number of nitrogens with zero attached hydrogens (tertiary/aromatic N) is 1. The van der Waals surface area contributed by atoms with Gasteiger partial charge in [-0.3, -0.25) is 0 Å². The highest BCUT2D eigenvalue weighted by atomic mass is 79.9. The molecule has 1 aromatic carbocycles. The van der Waals surface area contributed by atoms with Gasteiger partial charge in [0.25, 0.3) is 0 Å². The monoisotopic (exact) mass is 412 g/mol. The summed E-state index contributed by atoms with van der Waals surface area (Å²) in [4.78, 5) is 4.01. The summed E-state index contributed by atoms with van der Waals surface area (Å²) in [6.07, 6.45) is -3.26. The first-order valence-corrected chi connectivity index (χ1v) is 6.81. The number of rotatable bonds is 2. The number of alkyl halides is 3. The predicted octanol–water partition coefficient (Wildman–Crippen LogP) is 5.51. The summed E-state index contributed by atoms with van der Waals surface area (Å²) in [5.41, 5.74) is -1.23. The lowest BCUT2D eigenvalue weighted by Gasteiger charge is -2.12. The molecular formula is C12H6Br2F4N2. The van der Waals surface area contributed by atoms with Crippen LogP contribution in [0.25, 0.3) is 0 Å².